The lowest BCUT2D eigenvalue weighted by Gasteiger charge is -2.35. The van der Waals surface area contributed by atoms with E-state index < -0.39 is 11.6 Å². The number of hydrogen-bond acceptors (Lipinski definition) is 4. The molecule has 1 aliphatic rings. The highest BCUT2D eigenvalue weighted by molar-refractivity contribution is 7.07. The standard InChI is InChI=1S/C14H22N2O2S/c1-10-3-2-5-14(15,7-10)13(18)16-8-12(17)11-4-6-19-9-11/h4,6,9-10,12,17H,2-3,5,7-8,15H2,1H3,(H,16,18). The molecule has 106 valence electrons. The maximum Gasteiger partial charge on any atom is 0.240 e. The fourth-order valence-corrected chi connectivity index (χ4v) is 3.45. The van der Waals surface area contributed by atoms with E-state index in [1.807, 2.05) is 16.8 Å². The molecule has 0 aromatic carbocycles. The highest BCUT2D eigenvalue weighted by Crippen LogP contribution is 2.30. The summed E-state index contributed by atoms with van der Waals surface area (Å²) in [6.07, 6.45) is 2.95. The van der Waals surface area contributed by atoms with E-state index in [1.54, 1.807) is 0 Å². The number of thiophene rings is 1. The lowest BCUT2D eigenvalue weighted by Crippen LogP contribution is -2.56. The topological polar surface area (TPSA) is 75.4 Å². The van der Waals surface area contributed by atoms with Gasteiger partial charge in [0.05, 0.1) is 11.6 Å². The maximum atomic E-state index is 12.2. The van der Waals surface area contributed by atoms with Crippen molar-refractivity contribution in [1.29, 1.82) is 0 Å². The summed E-state index contributed by atoms with van der Waals surface area (Å²) < 4.78 is 0. The molecule has 1 heterocycles. The van der Waals surface area contributed by atoms with Crippen LogP contribution in [-0.4, -0.2) is 23.1 Å². The molecule has 19 heavy (non-hydrogen) atoms. The minimum atomic E-state index is -0.758. The van der Waals surface area contributed by atoms with Crippen molar-refractivity contribution < 1.29 is 9.90 Å². The minimum absolute atomic E-state index is 0.131. The van der Waals surface area contributed by atoms with Gasteiger partial charge in [0.25, 0.3) is 0 Å². The first-order valence-corrected chi connectivity index (χ1v) is 7.73. The van der Waals surface area contributed by atoms with Crippen molar-refractivity contribution in [3.05, 3.63) is 22.4 Å². The van der Waals surface area contributed by atoms with Crippen LogP contribution in [0.15, 0.2) is 16.8 Å². The first kappa shape index (κ1) is 14.5. The first-order chi connectivity index (χ1) is 9.01. The number of carbonyl (C=O) groups excluding carboxylic acids is 1. The second-order valence-corrected chi connectivity index (χ2v) is 6.42. The van der Waals surface area contributed by atoms with E-state index in [0.717, 1.165) is 31.2 Å². The molecule has 1 aliphatic carbocycles. The van der Waals surface area contributed by atoms with E-state index in [0.29, 0.717) is 5.92 Å². The number of nitrogens with two attached hydrogens (primary N) is 1. The Morgan fingerprint density at radius 1 is 1.74 bits per heavy atom. The molecule has 0 aliphatic heterocycles. The Morgan fingerprint density at radius 2 is 2.53 bits per heavy atom. The summed E-state index contributed by atoms with van der Waals surface area (Å²) in [4.78, 5) is 12.2. The van der Waals surface area contributed by atoms with Crippen LogP contribution in [0, 0.1) is 5.92 Å². The van der Waals surface area contributed by atoms with Crippen LogP contribution in [-0.2, 0) is 4.79 Å². The average molecular weight is 282 g/mol. The second kappa shape index (κ2) is 6.03. The van der Waals surface area contributed by atoms with Crippen molar-refractivity contribution in [2.45, 2.75) is 44.2 Å². The van der Waals surface area contributed by atoms with Gasteiger partial charge in [0.2, 0.25) is 5.91 Å². The zero-order valence-electron chi connectivity index (χ0n) is 11.3. The Balaban J connectivity index is 1.87. The van der Waals surface area contributed by atoms with Gasteiger partial charge in [-0.1, -0.05) is 19.8 Å². The molecule has 1 aromatic heterocycles. The Morgan fingerprint density at radius 3 is 3.16 bits per heavy atom. The molecule has 1 saturated carbocycles. The number of nitrogens with one attached hydrogen (secondary N) is 1. The lowest BCUT2D eigenvalue weighted by atomic mass is 9.76. The Labute approximate surface area is 118 Å². The van der Waals surface area contributed by atoms with Crippen molar-refractivity contribution in [3.63, 3.8) is 0 Å². The van der Waals surface area contributed by atoms with Crippen LogP contribution in [0.3, 0.4) is 0 Å². The third-order valence-corrected chi connectivity index (χ3v) is 4.57. The molecule has 5 heteroatoms. The number of rotatable bonds is 4. The number of hydrogen-bond donors (Lipinski definition) is 3. The molecule has 1 amide bonds. The molecule has 1 fully saturated rings. The van der Waals surface area contributed by atoms with Crippen molar-refractivity contribution >= 4 is 17.2 Å². The van der Waals surface area contributed by atoms with Gasteiger partial charge in [-0.3, -0.25) is 4.79 Å². The molecule has 3 unspecified atom stereocenters. The van der Waals surface area contributed by atoms with Gasteiger partial charge in [-0.05, 0) is 41.1 Å². The van der Waals surface area contributed by atoms with Gasteiger partial charge in [0.1, 0.15) is 0 Å². The molecule has 0 saturated heterocycles. The fraction of sp³-hybridized carbons (Fsp3) is 0.643. The Bertz CT molecular complexity index is 421. The van der Waals surface area contributed by atoms with E-state index in [-0.39, 0.29) is 12.5 Å². The summed E-state index contributed by atoms with van der Waals surface area (Å²) >= 11 is 1.53. The van der Waals surface area contributed by atoms with Gasteiger partial charge in [-0.25, -0.2) is 0 Å². The predicted octanol–water partition coefficient (Wildman–Crippen LogP) is 1.81. The Kier molecular flexibility index (Phi) is 4.60. The van der Waals surface area contributed by atoms with Gasteiger partial charge in [-0.2, -0.15) is 11.3 Å². The summed E-state index contributed by atoms with van der Waals surface area (Å²) in [5, 5.41) is 16.5. The van der Waals surface area contributed by atoms with Crippen LogP contribution in [0.25, 0.3) is 0 Å². The van der Waals surface area contributed by atoms with E-state index >= 15 is 0 Å². The van der Waals surface area contributed by atoms with E-state index in [1.165, 1.54) is 11.3 Å². The monoisotopic (exact) mass is 282 g/mol. The summed E-state index contributed by atoms with van der Waals surface area (Å²) in [5.74, 6) is 0.361. The zero-order valence-corrected chi connectivity index (χ0v) is 12.1. The number of aliphatic hydroxyl groups excluding tert-OH is 1. The van der Waals surface area contributed by atoms with E-state index in [9.17, 15) is 9.90 Å². The molecule has 3 atom stereocenters. The molecular weight excluding hydrogens is 260 g/mol. The average Bonchev–Trinajstić information content (AvgIpc) is 2.89. The van der Waals surface area contributed by atoms with Crippen molar-refractivity contribution in [1.82, 2.24) is 5.32 Å². The molecular formula is C14H22N2O2S. The van der Waals surface area contributed by atoms with Crippen molar-refractivity contribution in [3.8, 4) is 0 Å². The summed E-state index contributed by atoms with van der Waals surface area (Å²) in [6.45, 7) is 2.36. The van der Waals surface area contributed by atoms with Gasteiger partial charge in [0.15, 0.2) is 0 Å². The normalized spacial score (nSPS) is 28.9. The molecule has 0 bridgehead atoms. The maximum absolute atomic E-state index is 12.2. The molecule has 4 nitrogen and oxygen atoms in total. The minimum Gasteiger partial charge on any atom is -0.387 e. The first-order valence-electron chi connectivity index (χ1n) is 6.78. The van der Waals surface area contributed by atoms with Gasteiger partial charge >= 0.3 is 0 Å². The van der Waals surface area contributed by atoms with Crippen LogP contribution in [0.5, 0.6) is 0 Å². The van der Waals surface area contributed by atoms with Crippen molar-refractivity contribution in [2.75, 3.05) is 6.54 Å². The van der Waals surface area contributed by atoms with Gasteiger partial charge in [-0.15, -0.1) is 0 Å². The Hall–Kier alpha value is -0.910. The van der Waals surface area contributed by atoms with Gasteiger partial charge in [0, 0.05) is 6.54 Å². The summed E-state index contributed by atoms with van der Waals surface area (Å²) in [7, 11) is 0. The number of carbonyl (C=O) groups is 1. The van der Waals surface area contributed by atoms with Crippen LogP contribution >= 0.6 is 11.3 Å². The third-order valence-electron chi connectivity index (χ3n) is 3.87. The summed E-state index contributed by atoms with van der Waals surface area (Å²) in [6, 6.07) is 1.86. The smallest absolute Gasteiger partial charge is 0.240 e. The molecule has 2 rings (SSSR count). The zero-order chi connectivity index (χ0) is 13.9. The third kappa shape index (κ3) is 3.55. The fourth-order valence-electron chi connectivity index (χ4n) is 2.75. The van der Waals surface area contributed by atoms with E-state index in [4.69, 9.17) is 5.73 Å². The largest absolute Gasteiger partial charge is 0.387 e. The van der Waals surface area contributed by atoms with Crippen LogP contribution in [0.1, 0.15) is 44.3 Å². The van der Waals surface area contributed by atoms with Crippen LogP contribution in [0.4, 0.5) is 0 Å². The molecule has 4 N–H and O–H groups in total. The highest BCUT2D eigenvalue weighted by atomic mass is 32.1. The predicted molar refractivity (Wildman–Crippen MR) is 76.8 cm³/mol. The van der Waals surface area contributed by atoms with E-state index in [2.05, 4.69) is 12.2 Å². The van der Waals surface area contributed by atoms with Crippen LogP contribution < -0.4 is 11.1 Å². The number of aliphatic hydroxyl groups is 1. The van der Waals surface area contributed by atoms with Crippen molar-refractivity contribution in [2.24, 2.45) is 11.7 Å². The second-order valence-electron chi connectivity index (χ2n) is 5.64. The molecule has 0 radical (unpaired) electrons. The molecule has 0 spiro atoms. The molecule has 1 aromatic rings. The number of amides is 1. The quantitative estimate of drug-likeness (QED) is 0.788. The highest BCUT2D eigenvalue weighted by Gasteiger charge is 2.37. The summed E-state index contributed by atoms with van der Waals surface area (Å²) in [5.41, 5.74) is 6.29. The lowest BCUT2D eigenvalue weighted by molar-refractivity contribution is -0.128. The van der Waals surface area contributed by atoms with Gasteiger partial charge < -0.3 is 16.2 Å². The SMILES string of the molecule is CC1CCCC(N)(C(=O)NCC(O)c2ccsc2)C1. The van der Waals surface area contributed by atoms with Crippen LogP contribution in [0.2, 0.25) is 0 Å².